The smallest absolute Gasteiger partial charge is 0.220 e. The Hall–Kier alpha value is -1.47. The predicted octanol–water partition coefficient (Wildman–Crippen LogP) is 14.3. The first-order valence-electron chi connectivity index (χ1n) is 41.9. The van der Waals surface area contributed by atoms with Crippen molar-refractivity contribution in [1.82, 2.24) is 5.32 Å². The van der Waals surface area contributed by atoms with Crippen molar-refractivity contribution < 1.29 is 89.4 Å². The van der Waals surface area contributed by atoms with Crippen LogP contribution in [0.15, 0.2) is 12.2 Å². The average Bonchev–Trinajstić information content (AvgIpc) is 0.783. The van der Waals surface area contributed by atoms with Crippen LogP contribution in [0.2, 0.25) is 0 Å². The first-order valence-corrected chi connectivity index (χ1v) is 41.9. The van der Waals surface area contributed by atoms with E-state index in [1.54, 1.807) is 0 Å². The molecule has 3 rings (SSSR count). The van der Waals surface area contributed by atoms with Gasteiger partial charge in [-0.15, -0.1) is 0 Å². The summed E-state index contributed by atoms with van der Waals surface area (Å²) in [5.41, 5.74) is 0. The van der Waals surface area contributed by atoms with Crippen molar-refractivity contribution >= 4 is 5.91 Å². The summed E-state index contributed by atoms with van der Waals surface area (Å²) in [7, 11) is 0. The van der Waals surface area contributed by atoms with E-state index in [-0.39, 0.29) is 18.9 Å². The highest BCUT2D eigenvalue weighted by Crippen LogP contribution is 2.33. The summed E-state index contributed by atoms with van der Waals surface area (Å²) in [6.07, 6.45) is 47.8. The number of hydrogen-bond donors (Lipinski definition) is 12. The van der Waals surface area contributed by atoms with Gasteiger partial charge in [0.1, 0.15) is 73.2 Å². The largest absolute Gasteiger partial charge is 0.394 e. The van der Waals surface area contributed by atoms with Crippen molar-refractivity contribution in [3.8, 4) is 0 Å². The molecule has 17 unspecified atom stereocenters. The highest BCUT2D eigenvalue weighted by Gasteiger charge is 2.54. The van der Waals surface area contributed by atoms with E-state index in [2.05, 4.69) is 31.3 Å². The SMILES string of the molecule is CCCCCCCCCC/C=C\CCCCCCCCCCCCCCCCCCCCCCCCCCCCCCCC(=O)NC(COC1OC(CO)C(OC2OC(CO)C(OC3OC(CO)C(O)C(O)C3O)C(O)C2O)C(O)C1O)C(O)CCCCCCCCCCCCCCCC. The Labute approximate surface area is 607 Å². The topological polar surface area (TPSA) is 307 Å². The lowest BCUT2D eigenvalue weighted by atomic mass is 9.96. The molecule has 592 valence electrons. The first kappa shape index (κ1) is 92.7. The number of ether oxygens (including phenoxy) is 6. The highest BCUT2D eigenvalue weighted by atomic mass is 16.8. The van der Waals surface area contributed by atoms with Crippen molar-refractivity contribution in [3.63, 3.8) is 0 Å². The van der Waals surface area contributed by atoms with Gasteiger partial charge in [-0.1, -0.05) is 334 Å². The van der Waals surface area contributed by atoms with Gasteiger partial charge in [0.25, 0.3) is 0 Å². The Morgan fingerprint density at radius 3 is 0.970 bits per heavy atom. The summed E-state index contributed by atoms with van der Waals surface area (Å²) >= 11 is 0. The maximum atomic E-state index is 13.5. The Bertz CT molecular complexity index is 1850. The molecule has 3 aliphatic heterocycles. The van der Waals surface area contributed by atoms with Crippen LogP contribution in [0.3, 0.4) is 0 Å². The van der Waals surface area contributed by atoms with Gasteiger partial charge in [0.05, 0.1) is 38.6 Å². The van der Waals surface area contributed by atoms with Crippen LogP contribution in [0.1, 0.15) is 367 Å². The zero-order valence-electron chi connectivity index (χ0n) is 63.5. The molecule has 0 aromatic heterocycles. The van der Waals surface area contributed by atoms with E-state index in [4.69, 9.17) is 28.4 Å². The number of carbonyl (C=O) groups excluding carboxylic acids is 1. The van der Waals surface area contributed by atoms with Gasteiger partial charge >= 0.3 is 0 Å². The number of unbranched alkanes of at least 4 members (excludes halogenated alkanes) is 50. The molecule has 12 N–H and O–H groups in total. The summed E-state index contributed by atoms with van der Waals surface area (Å²) in [5, 5.41) is 121. The summed E-state index contributed by atoms with van der Waals surface area (Å²) in [5.74, 6) is -0.235. The van der Waals surface area contributed by atoms with Crippen molar-refractivity contribution in [2.24, 2.45) is 0 Å². The van der Waals surface area contributed by atoms with Gasteiger partial charge < -0.3 is 89.9 Å². The van der Waals surface area contributed by atoms with Gasteiger partial charge in [0.2, 0.25) is 5.91 Å². The van der Waals surface area contributed by atoms with E-state index < -0.39 is 124 Å². The quantitative estimate of drug-likeness (QED) is 0.0199. The average molecular weight is 1430 g/mol. The van der Waals surface area contributed by atoms with Crippen LogP contribution in [-0.2, 0) is 33.2 Å². The molecule has 19 nitrogen and oxygen atoms in total. The minimum Gasteiger partial charge on any atom is -0.394 e. The summed E-state index contributed by atoms with van der Waals surface area (Å²) < 4.78 is 34.5. The third-order valence-corrected chi connectivity index (χ3v) is 21.3. The van der Waals surface area contributed by atoms with Gasteiger partial charge in [0.15, 0.2) is 18.9 Å². The highest BCUT2D eigenvalue weighted by molar-refractivity contribution is 5.76. The van der Waals surface area contributed by atoms with Gasteiger partial charge in [-0.3, -0.25) is 4.79 Å². The fourth-order valence-corrected chi connectivity index (χ4v) is 14.6. The van der Waals surface area contributed by atoms with Crippen molar-refractivity contribution in [3.05, 3.63) is 12.2 Å². The zero-order chi connectivity index (χ0) is 72.5. The van der Waals surface area contributed by atoms with Crippen LogP contribution < -0.4 is 5.32 Å². The van der Waals surface area contributed by atoms with E-state index in [0.29, 0.717) is 12.8 Å². The molecule has 0 bridgehead atoms. The second kappa shape index (κ2) is 62.6. The Morgan fingerprint density at radius 1 is 0.350 bits per heavy atom. The van der Waals surface area contributed by atoms with Crippen LogP contribution >= 0.6 is 0 Å². The lowest BCUT2D eigenvalue weighted by Gasteiger charge is -2.48. The lowest BCUT2D eigenvalue weighted by Crippen LogP contribution is -2.66. The summed E-state index contributed by atoms with van der Waals surface area (Å²) in [6.45, 7) is 1.84. The Balaban J connectivity index is 1.25. The fourth-order valence-electron chi connectivity index (χ4n) is 14.6. The van der Waals surface area contributed by atoms with Crippen molar-refractivity contribution in [1.29, 1.82) is 0 Å². The van der Waals surface area contributed by atoms with Crippen LogP contribution in [0.4, 0.5) is 0 Å². The minimum absolute atomic E-state index is 0.235. The maximum absolute atomic E-state index is 13.5. The first-order chi connectivity index (χ1) is 48.8. The third kappa shape index (κ3) is 42.2. The molecule has 3 aliphatic rings. The molecule has 0 aromatic carbocycles. The molecule has 3 heterocycles. The summed E-state index contributed by atoms with van der Waals surface area (Å²) in [6, 6.07) is -0.883. The van der Waals surface area contributed by atoms with Gasteiger partial charge in [-0.05, 0) is 38.5 Å². The van der Waals surface area contributed by atoms with Crippen molar-refractivity contribution in [2.75, 3.05) is 26.4 Å². The number of aliphatic hydroxyl groups is 11. The molecule has 17 atom stereocenters. The molecular formula is C81H155NO18. The second-order valence-electron chi connectivity index (χ2n) is 30.3. The molecule has 0 saturated carbocycles. The minimum atomic E-state index is -1.97. The zero-order valence-corrected chi connectivity index (χ0v) is 63.5. The lowest BCUT2D eigenvalue weighted by molar-refractivity contribution is -0.379. The molecule has 3 fully saturated rings. The molecule has 100 heavy (non-hydrogen) atoms. The third-order valence-electron chi connectivity index (χ3n) is 21.3. The normalized spacial score (nSPS) is 26.4. The maximum Gasteiger partial charge on any atom is 0.220 e. The van der Waals surface area contributed by atoms with Crippen LogP contribution in [0, 0.1) is 0 Å². The van der Waals surface area contributed by atoms with Gasteiger partial charge in [0, 0.05) is 6.42 Å². The van der Waals surface area contributed by atoms with E-state index in [1.165, 1.54) is 289 Å². The van der Waals surface area contributed by atoms with E-state index in [0.717, 1.165) is 44.9 Å². The molecule has 19 heteroatoms. The number of hydrogen-bond acceptors (Lipinski definition) is 18. The number of aliphatic hydroxyl groups excluding tert-OH is 11. The van der Waals surface area contributed by atoms with Crippen LogP contribution in [0.25, 0.3) is 0 Å². The molecule has 0 spiro atoms. The van der Waals surface area contributed by atoms with Crippen LogP contribution in [-0.4, -0.2) is 193 Å². The monoisotopic (exact) mass is 1430 g/mol. The fraction of sp³-hybridized carbons (Fsp3) is 0.963. The number of amides is 1. The standard InChI is InChI=1S/C81H155NO18/c1-3-5-7-9-11-13-15-17-19-20-21-22-23-24-25-26-27-28-29-30-31-32-33-34-35-36-37-38-39-40-41-42-43-44-45-47-49-51-53-55-57-59-69(87)82-64(65(86)58-56-54-52-50-48-46-18-16-14-12-10-8-6-4-2)63-95-79-75(93)72(90)77(67(61-84)97-79)100-81-76(94)73(91)78(68(62-85)98-81)99-80-74(92)71(89)70(88)66(60-83)96-80/h20-21,64-68,70-81,83-86,88-94H,3-19,22-63H2,1-2H3,(H,82,87)/b21-20-. The van der Waals surface area contributed by atoms with Crippen LogP contribution in [0.5, 0.6) is 0 Å². The number of rotatable bonds is 68. The number of nitrogens with one attached hydrogen (secondary N) is 1. The van der Waals surface area contributed by atoms with Crippen molar-refractivity contribution in [2.45, 2.75) is 471 Å². The van der Waals surface area contributed by atoms with Gasteiger partial charge in [-0.2, -0.15) is 0 Å². The van der Waals surface area contributed by atoms with E-state index >= 15 is 0 Å². The second-order valence-corrected chi connectivity index (χ2v) is 30.3. The van der Waals surface area contributed by atoms with E-state index in [1.807, 2.05) is 0 Å². The van der Waals surface area contributed by atoms with Gasteiger partial charge in [-0.25, -0.2) is 0 Å². The number of allylic oxidation sites excluding steroid dienone is 2. The molecule has 0 aliphatic carbocycles. The molecule has 3 saturated heterocycles. The van der Waals surface area contributed by atoms with E-state index in [9.17, 15) is 61.0 Å². The number of carbonyl (C=O) groups is 1. The molecule has 0 radical (unpaired) electrons. The molecule has 0 aromatic rings. The Morgan fingerprint density at radius 2 is 0.630 bits per heavy atom. The Kier molecular flexibility index (Phi) is 58.0. The predicted molar refractivity (Wildman–Crippen MR) is 397 cm³/mol. The summed E-state index contributed by atoms with van der Waals surface area (Å²) in [4.78, 5) is 13.5. The molecule has 1 amide bonds. The molecular weight excluding hydrogens is 1270 g/mol.